The number of nitrogens with zero attached hydrogens (tertiary/aromatic N) is 1. The smallest absolute Gasteiger partial charge is 0.0345 e. The van der Waals surface area contributed by atoms with Crippen LogP contribution in [0.3, 0.4) is 0 Å². The lowest BCUT2D eigenvalue weighted by molar-refractivity contribution is 0.135. The van der Waals surface area contributed by atoms with Crippen molar-refractivity contribution in [1.29, 1.82) is 0 Å². The van der Waals surface area contributed by atoms with Gasteiger partial charge in [-0.25, -0.2) is 0 Å². The van der Waals surface area contributed by atoms with Gasteiger partial charge in [0, 0.05) is 25.7 Å². The van der Waals surface area contributed by atoms with Crippen molar-refractivity contribution in [1.82, 2.24) is 10.2 Å². The molecule has 2 fully saturated rings. The van der Waals surface area contributed by atoms with Crippen molar-refractivity contribution in [3.8, 4) is 0 Å². The molecule has 1 atom stereocenters. The number of nitrogens with one attached hydrogen (secondary N) is 1. The minimum Gasteiger partial charge on any atom is -0.314 e. The summed E-state index contributed by atoms with van der Waals surface area (Å²) in [6, 6.07) is 0.843. The highest BCUT2D eigenvalue weighted by molar-refractivity contribution is 7.99. The second kappa shape index (κ2) is 4.67. The third kappa shape index (κ3) is 2.39. The first kappa shape index (κ1) is 9.81. The number of thioether (sulfide) groups is 1. The van der Waals surface area contributed by atoms with E-state index in [0.29, 0.717) is 0 Å². The molecule has 2 nitrogen and oxygen atoms in total. The fourth-order valence-corrected chi connectivity index (χ4v) is 3.40. The SMILES string of the molecule is CCN(CC1CCSC1)C1CNC1. The molecule has 2 saturated heterocycles. The van der Waals surface area contributed by atoms with Gasteiger partial charge in [0.15, 0.2) is 0 Å². The summed E-state index contributed by atoms with van der Waals surface area (Å²) in [6.07, 6.45) is 1.45. The van der Waals surface area contributed by atoms with E-state index < -0.39 is 0 Å². The largest absolute Gasteiger partial charge is 0.314 e. The second-order valence-electron chi connectivity index (χ2n) is 4.13. The summed E-state index contributed by atoms with van der Waals surface area (Å²) in [7, 11) is 0. The van der Waals surface area contributed by atoms with Crippen LogP contribution in [0.15, 0.2) is 0 Å². The minimum absolute atomic E-state index is 0.843. The van der Waals surface area contributed by atoms with Crippen LogP contribution in [0.5, 0.6) is 0 Å². The molecule has 0 aromatic carbocycles. The molecule has 3 heteroatoms. The molecule has 0 radical (unpaired) electrons. The van der Waals surface area contributed by atoms with E-state index in [-0.39, 0.29) is 0 Å². The number of hydrogen-bond acceptors (Lipinski definition) is 3. The van der Waals surface area contributed by atoms with Gasteiger partial charge in [0.1, 0.15) is 0 Å². The molecule has 1 N–H and O–H groups in total. The molecule has 2 aliphatic rings. The molecule has 0 aromatic heterocycles. The summed E-state index contributed by atoms with van der Waals surface area (Å²) in [5.41, 5.74) is 0. The Kier molecular flexibility index (Phi) is 3.52. The van der Waals surface area contributed by atoms with Gasteiger partial charge in [0.25, 0.3) is 0 Å². The zero-order valence-electron chi connectivity index (χ0n) is 8.46. The highest BCUT2D eigenvalue weighted by atomic mass is 32.2. The van der Waals surface area contributed by atoms with Crippen molar-refractivity contribution < 1.29 is 0 Å². The molecule has 0 saturated carbocycles. The minimum atomic E-state index is 0.843. The monoisotopic (exact) mass is 200 g/mol. The third-order valence-electron chi connectivity index (χ3n) is 3.20. The predicted octanol–water partition coefficient (Wildman–Crippen LogP) is 1.03. The molecule has 2 aliphatic heterocycles. The Balaban J connectivity index is 1.75. The van der Waals surface area contributed by atoms with E-state index in [1.165, 1.54) is 44.1 Å². The Bertz CT molecular complexity index is 153. The molecule has 0 aromatic rings. The van der Waals surface area contributed by atoms with Gasteiger partial charge in [-0.1, -0.05) is 6.92 Å². The van der Waals surface area contributed by atoms with Gasteiger partial charge in [0.2, 0.25) is 0 Å². The number of hydrogen-bond donors (Lipinski definition) is 1. The maximum atomic E-state index is 3.35. The first-order chi connectivity index (χ1) is 6.40. The summed E-state index contributed by atoms with van der Waals surface area (Å²) in [5.74, 6) is 3.77. The van der Waals surface area contributed by atoms with Gasteiger partial charge in [-0.05, 0) is 30.4 Å². The third-order valence-corrected chi connectivity index (χ3v) is 4.43. The molecule has 0 aliphatic carbocycles. The molecule has 2 rings (SSSR count). The van der Waals surface area contributed by atoms with Crippen LogP contribution in [-0.4, -0.2) is 48.6 Å². The molecule has 0 spiro atoms. The van der Waals surface area contributed by atoms with Crippen molar-refractivity contribution in [2.24, 2.45) is 5.92 Å². The molecule has 2 heterocycles. The van der Waals surface area contributed by atoms with E-state index >= 15 is 0 Å². The Morgan fingerprint density at radius 3 is 2.77 bits per heavy atom. The lowest BCUT2D eigenvalue weighted by atomic mass is 10.1. The van der Waals surface area contributed by atoms with E-state index in [0.717, 1.165) is 12.0 Å². The molecule has 0 amide bonds. The van der Waals surface area contributed by atoms with Gasteiger partial charge >= 0.3 is 0 Å². The summed E-state index contributed by atoms with van der Waals surface area (Å²) in [5, 5.41) is 3.35. The predicted molar refractivity (Wildman–Crippen MR) is 59.3 cm³/mol. The number of likely N-dealkylation sites (N-methyl/N-ethyl adjacent to an activating group) is 1. The van der Waals surface area contributed by atoms with Crippen LogP contribution in [0.1, 0.15) is 13.3 Å². The average molecular weight is 200 g/mol. The summed E-state index contributed by atoms with van der Waals surface area (Å²) >= 11 is 2.13. The average Bonchev–Trinajstić information content (AvgIpc) is 2.52. The quantitative estimate of drug-likeness (QED) is 0.730. The molecule has 13 heavy (non-hydrogen) atoms. The van der Waals surface area contributed by atoms with Gasteiger partial charge in [-0.2, -0.15) is 11.8 Å². The fourth-order valence-electron chi connectivity index (χ4n) is 2.13. The topological polar surface area (TPSA) is 15.3 Å². The zero-order chi connectivity index (χ0) is 9.10. The van der Waals surface area contributed by atoms with E-state index in [1.54, 1.807) is 0 Å². The normalized spacial score (nSPS) is 29.5. The Labute approximate surface area is 85.4 Å². The van der Waals surface area contributed by atoms with Crippen LogP contribution in [0, 0.1) is 5.92 Å². The van der Waals surface area contributed by atoms with Crippen molar-refractivity contribution in [2.75, 3.05) is 37.7 Å². The molecule has 1 unspecified atom stereocenters. The molecule has 0 bridgehead atoms. The molecular weight excluding hydrogens is 180 g/mol. The van der Waals surface area contributed by atoms with Crippen molar-refractivity contribution >= 4 is 11.8 Å². The van der Waals surface area contributed by atoms with Crippen molar-refractivity contribution in [2.45, 2.75) is 19.4 Å². The zero-order valence-corrected chi connectivity index (χ0v) is 9.28. The lowest BCUT2D eigenvalue weighted by Crippen LogP contribution is -2.58. The van der Waals surface area contributed by atoms with Crippen molar-refractivity contribution in [3.63, 3.8) is 0 Å². The Morgan fingerprint density at radius 2 is 2.31 bits per heavy atom. The van der Waals surface area contributed by atoms with Crippen LogP contribution in [0.4, 0.5) is 0 Å². The van der Waals surface area contributed by atoms with Crippen LogP contribution in [-0.2, 0) is 0 Å². The van der Waals surface area contributed by atoms with Gasteiger partial charge in [-0.15, -0.1) is 0 Å². The molecular formula is C10H20N2S. The van der Waals surface area contributed by atoms with Crippen molar-refractivity contribution in [3.05, 3.63) is 0 Å². The van der Waals surface area contributed by atoms with Gasteiger partial charge < -0.3 is 5.32 Å². The van der Waals surface area contributed by atoms with Gasteiger partial charge in [0.05, 0.1) is 0 Å². The van der Waals surface area contributed by atoms with Crippen LogP contribution >= 0.6 is 11.8 Å². The summed E-state index contributed by atoms with van der Waals surface area (Å²) in [4.78, 5) is 2.66. The van der Waals surface area contributed by atoms with E-state index in [4.69, 9.17) is 0 Å². The fraction of sp³-hybridized carbons (Fsp3) is 1.00. The number of rotatable bonds is 4. The highest BCUT2D eigenvalue weighted by Gasteiger charge is 2.26. The van der Waals surface area contributed by atoms with Gasteiger partial charge in [-0.3, -0.25) is 4.90 Å². The summed E-state index contributed by atoms with van der Waals surface area (Å²) < 4.78 is 0. The van der Waals surface area contributed by atoms with E-state index in [1.807, 2.05) is 0 Å². The van der Waals surface area contributed by atoms with Crippen LogP contribution in [0.2, 0.25) is 0 Å². The van der Waals surface area contributed by atoms with E-state index in [2.05, 4.69) is 28.9 Å². The first-order valence-electron chi connectivity index (χ1n) is 5.42. The summed E-state index contributed by atoms with van der Waals surface area (Å²) in [6.45, 7) is 7.30. The lowest BCUT2D eigenvalue weighted by Gasteiger charge is -2.38. The standard InChI is InChI=1S/C10H20N2S/c1-2-12(10-5-11-6-10)7-9-3-4-13-8-9/h9-11H,2-8H2,1H3. The van der Waals surface area contributed by atoms with Crippen LogP contribution in [0.25, 0.3) is 0 Å². The first-order valence-corrected chi connectivity index (χ1v) is 6.58. The second-order valence-corrected chi connectivity index (χ2v) is 5.28. The Hall–Kier alpha value is 0.270. The maximum Gasteiger partial charge on any atom is 0.0345 e. The van der Waals surface area contributed by atoms with E-state index in [9.17, 15) is 0 Å². The Morgan fingerprint density at radius 1 is 1.46 bits per heavy atom. The molecule has 76 valence electrons. The van der Waals surface area contributed by atoms with Crippen LogP contribution < -0.4 is 5.32 Å². The highest BCUT2D eigenvalue weighted by Crippen LogP contribution is 2.24. The maximum absolute atomic E-state index is 3.35.